The standard InChI is InChI=1S/C23H25N3O4S/c1-14-6-11-19(29-5)17(12-14)18-13-31-21(25-18)26-20(27)15-7-9-16(10-8-15)24-22(28)30-23(2,3)4/h6-13H,1-5H3,(H,24,28)(H,25,26,27). The van der Waals surface area contributed by atoms with E-state index in [1.54, 1.807) is 52.1 Å². The zero-order valence-electron chi connectivity index (χ0n) is 18.1. The van der Waals surface area contributed by atoms with Crippen LogP contribution in [0.5, 0.6) is 5.75 Å². The van der Waals surface area contributed by atoms with Gasteiger partial charge in [0.2, 0.25) is 0 Å². The Balaban J connectivity index is 1.66. The maximum Gasteiger partial charge on any atom is 0.412 e. The lowest BCUT2D eigenvalue weighted by atomic mass is 10.1. The summed E-state index contributed by atoms with van der Waals surface area (Å²) in [5, 5.41) is 7.80. The molecule has 3 rings (SSSR count). The summed E-state index contributed by atoms with van der Waals surface area (Å²) in [5.74, 6) is 0.433. The summed E-state index contributed by atoms with van der Waals surface area (Å²) in [6, 6.07) is 12.4. The first kappa shape index (κ1) is 22.3. The molecule has 1 heterocycles. The van der Waals surface area contributed by atoms with E-state index in [0.717, 1.165) is 22.6 Å². The van der Waals surface area contributed by atoms with Crippen molar-refractivity contribution in [1.29, 1.82) is 0 Å². The SMILES string of the molecule is COc1ccc(C)cc1-c1csc(NC(=O)c2ccc(NC(=O)OC(C)(C)C)cc2)n1. The number of ether oxygens (including phenoxy) is 2. The molecule has 162 valence electrons. The van der Waals surface area contributed by atoms with Gasteiger partial charge >= 0.3 is 6.09 Å². The topological polar surface area (TPSA) is 89.6 Å². The fraction of sp³-hybridized carbons (Fsp3) is 0.261. The van der Waals surface area contributed by atoms with Crippen molar-refractivity contribution in [3.05, 3.63) is 59.0 Å². The van der Waals surface area contributed by atoms with Crippen molar-refractivity contribution in [2.45, 2.75) is 33.3 Å². The van der Waals surface area contributed by atoms with Gasteiger partial charge in [0.25, 0.3) is 5.91 Å². The van der Waals surface area contributed by atoms with Gasteiger partial charge in [-0.25, -0.2) is 9.78 Å². The van der Waals surface area contributed by atoms with E-state index in [4.69, 9.17) is 9.47 Å². The first-order chi connectivity index (χ1) is 14.6. The van der Waals surface area contributed by atoms with Gasteiger partial charge in [-0.3, -0.25) is 15.4 Å². The second-order valence-corrected chi connectivity index (χ2v) is 8.76. The van der Waals surface area contributed by atoms with Crippen molar-refractivity contribution in [2.75, 3.05) is 17.7 Å². The Kier molecular flexibility index (Phi) is 6.60. The number of amides is 2. The molecule has 3 aromatic rings. The maximum absolute atomic E-state index is 12.6. The number of nitrogens with one attached hydrogen (secondary N) is 2. The zero-order chi connectivity index (χ0) is 22.6. The molecular formula is C23H25N3O4S. The van der Waals surface area contributed by atoms with Crippen LogP contribution in [0.15, 0.2) is 47.8 Å². The second-order valence-electron chi connectivity index (χ2n) is 7.90. The number of hydrogen-bond donors (Lipinski definition) is 2. The Morgan fingerprint density at radius 2 is 1.74 bits per heavy atom. The normalized spacial score (nSPS) is 11.0. The second kappa shape index (κ2) is 9.18. The van der Waals surface area contributed by atoms with Gasteiger partial charge in [0, 0.05) is 22.2 Å². The van der Waals surface area contributed by atoms with Gasteiger partial charge in [0.1, 0.15) is 11.4 Å². The van der Waals surface area contributed by atoms with Crippen LogP contribution in [0.25, 0.3) is 11.3 Å². The van der Waals surface area contributed by atoms with Gasteiger partial charge in [-0.1, -0.05) is 11.6 Å². The van der Waals surface area contributed by atoms with E-state index in [-0.39, 0.29) is 5.91 Å². The lowest BCUT2D eigenvalue weighted by Crippen LogP contribution is -2.27. The highest BCUT2D eigenvalue weighted by Gasteiger charge is 2.17. The number of methoxy groups -OCH3 is 1. The number of aryl methyl sites for hydroxylation is 1. The van der Waals surface area contributed by atoms with Crippen molar-refractivity contribution >= 4 is 34.2 Å². The van der Waals surface area contributed by atoms with Crippen LogP contribution in [-0.4, -0.2) is 29.7 Å². The molecule has 7 nitrogen and oxygen atoms in total. The number of aromatic nitrogens is 1. The molecule has 2 N–H and O–H groups in total. The van der Waals surface area contributed by atoms with Crippen molar-refractivity contribution < 1.29 is 19.1 Å². The lowest BCUT2D eigenvalue weighted by molar-refractivity contribution is 0.0636. The Morgan fingerprint density at radius 1 is 1.03 bits per heavy atom. The lowest BCUT2D eigenvalue weighted by Gasteiger charge is -2.19. The van der Waals surface area contributed by atoms with Gasteiger partial charge in [-0.2, -0.15) is 0 Å². The van der Waals surface area contributed by atoms with Crippen LogP contribution in [0.4, 0.5) is 15.6 Å². The molecule has 31 heavy (non-hydrogen) atoms. The summed E-state index contributed by atoms with van der Waals surface area (Å²) in [6.07, 6.45) is -0.549. The van der Waals surface area contributed by atoms with Crippen molar-refractivity contribution in [2.24, 2.45) is 0 Å². The minimum atomic E-state index is -0.584. The highest BCUT2D eigenvalue weighted by molar-refractivity contribution is 7.14. The monoisotopic (exact) mass is 439 g/mol. The average Bonchev–Trinajstić information content (AvgIpc) is 3.15. The molecule has 0 aliphatic carbocycles. The quantitative estimate of drug-likeness (QED) is 0.530. The van der Waals surface area contributed by atoms with E-state index in [0.29, 0.717) is 16.4 Å². The number of hydrogen-bond acceptors (Lipinski definition) is 6. The van der Waals surface area contributed by atoms with Gasteiger partial charge < -0.3 is 9.47 Å². The molecule has 0 radical (unpaired) electrons. The number of thiazole rings is 1. The molecular weight excluding hydrogens is 414 g/mol. The Morgan fingerprint density at radius 3 is 2.39 bits per heavy atom. The van der Waals surface area contributed by atoms with Crippen LogP contribution in [0.2, 0.25) is 0 Å². The van der Waals surface area contributed by atoms with Crippen LogP contribution in [-0.2, 0) is 4.74 Å². The Labute approximate surface area is 185 Å². The summed E-state index contributed by atoms with van der Waals surface area (Å²) >= 11 is 1.34. The van der Waals surface area contributed by atoms with E-state index in [9.17, 15) is 9.59 Å². The molecule has 2 amide bonds. The van der Waals surface area contributed by atoms with Crippen molar-refractivity contribution in [3.8, 4) is 17.0 Å². The third kappa shape index (κ3) is 6.05. The molecule has 0 unspecified atom stereocenters. The molecule has 0 saturated carbocycles. The van der Waals surface area contributed by atoms with Crippen LogP contribution in [0.1, 0.15) is 36.7 Å². The predicted octanol–water partition coefficient (Wildman–Crippen LogP) is 5.73. The van der Waals surface area contributed by atoms with E-state index in [2.05, 4.69) is 15.6 Å². The van der Waals surface area contributed by atoms with Gasteiger partial charge in [-0.15, -0.1) is 11.3 Å². The molecule has 0 atom stereocenters. The van der Waals surface area contributed by atoms with E-state index < -0.39 is 11.7 Å². The molecule has 8 heteroatoms. The van der Waals surface area contributed by atoms with E-state index in [1.165, 1.54) is 11.3 Å². The van der Waals surface area contributed by atoms with Gasteiger partial charge in [-0.05, 0) is 64.1 Å². The first-order valence-corrected chi connectivity index (χ1v) is 10.5. The molecule has 0 aliphatic heterocycles. The molecule has 2 aromatic carbocycles. The molecule has 0 bridgehead atoms. The Bertz CT molecular complexity index is 1080. The van der Waals surface area contributed by atoms with Crippen LogP contribution < -0.4 is 15.4 Å². The molecule has 0 saturated heterocycles. The number of carbonyl (C=O) groups is 2. The number of carbonyl (C=O) groups excluding carboxylic acids is 2. The summed E-state index contributed by atoms with van der Waals surface area (Å²) in [5.41, 5.74) is 3.09. The number of anilines is 2. The zero-order valence-corrected chi connectivity index (χ0v) is 18.9. The third-order valence-corrected chi connectivity index (χ3v) is 4.91. The Hall–Kier alpha value is -3.39. The summed E-state index contributed by atoms with van der Waals surface area (Å²) in [4.78, 5) is 28.9. The fourth-order valence-electron chi connectivity index (χ4n) is 2.77. The predicted molar refractivity (Wildman–Crippen MR) is 123 cm³/mol. The summed E-state index contributed by atoms with van der Waals surface area (Å²) in [7, 11) is 1.62. The minimum absolute atomic E-state index is 0.291. The number of nitrogens with zero attached hydrogens (tertiary/aromatic N) is 1. The van der Waals surface area contributed by atoms with Crippen LogP contribution in [0.3, 0.4) is 0 Å². The van der Waals surface area contributed by atoms with Crippen molar-refractivity contribution in [3.63, 3.8) is 0 Å². The number of rotatable bonds is 5. The fourth-order valence-corrected chi connectivity index (χ4v) is 3.48. The highest BCUT2D eigenvalue weighted by atomic mass is 32.1. The molecule has 0 fully saturated rings. The van der Waals surface area contributed by atoms with Crippen LogP contribution in [0, 0.1) is 6.92 Å². The maximum atomic E-state index is 12.6. The molecule has 0 spiro atoms. The third-order valence-electron chi connectivity index (χ3n) is 4.15. The first-order valence-electron chi connectivity index (χ1n) is 9.66. The van der Waals surface area contributed by atoms with Gasteiger partial charge in [0.05, 0.1) is 12.8 Å². The molecule has 1 aromatic heterocycles. The van der Waals surface area contributed by atoms with E-state index >= 15 is 0 Å². The van der Waals surface area contributed by atoms with E-state index in [1.807, 2.05) is 30.5 Å². The summed E-state index contributed by atoms with van der Waals surface area (Å²) in [6.45, 7) is 7.37. The molecule has 0 aliphatic rings. The van der Waals surface area contributed by atoms with Gasteiger partial charge in [0.15, 0.2) is 5.13 Å². The largest absolute Gasteiger partial charge is 0.496 e. The average molecular weight is 440 g/mol. The van der Waals surface area contributed by atoms with Crippen molar-refractivity contribution in [1.82, 2.24) is 4.98 Å². The number of benzene rings is 2. The summed E-state index contributed by atoms with van der Waals surface area (Å²) < 4.78 is 10.6. The smallest absolute Gasteiger partial charge is 0.412 e. The van der Waals surface area contributed by atoms with Crippen LogP contribution >= 0.6 is 11.3 Å². The minimum Gasteiger partial charge on any atom is -0.496 e. The highest BCUT2D eigenvalue weighted by Crippen LogP contribution is 2.33.